The fourth-order valence-electron chi connectivity index (χ4n) is 4.21. The number of carbonyl (C=O) groups is 2. The first-order valence-corrected chi connectivity index (χ1v) is 9.52. The van der Waals surface area contributed by atoms with Crippen LogP contribution in [-0.2, 0) is 12.8 Å². The Balaban J connectivity index is 1.67. The number of nitrogens with one attached hydrogen (secondary N) is 1. The lowest BCUT2D eigenvalue weighted by Crippen LogP contribution is -2.47. The van der Waals surface area contributed by atoms with Crippen molar-refractivity contribution in [3.05, 3.63) is 59.2 Å². The van der Waals surface area contributed by atoms with Crippen molar-refractivity contribution >= 4 is 23.2 Å². The van der Waals surface area contributed by atoms with E-state index in [9.17, 15) is 9.59 Å². The molecule has 0 bridgehead atoms. The van der Waals surface area contributed by atoms with Gasteiger partial charge in [-0.2, -0.15) is 0 Å². The zero-order chi connectivity index (χ0) is 18.1. The van der Waals surface area contributed by atoms with Crippen molar-refractivity contribution in [2.45, 2.75) is 51.5 Å². The fraction of sp³-hybridized carbons (Fsp3) is 0.364. The second-order valence-corrected chi connectivity index (χ2v) is 7.16. The number of anilines is 2. The number of urea groups is 1. The highest BCUT2D eigenvalue weighted by atomic mass is 16.2. The molecule has 0 spiro atoms. The van der Waals surface area contributed by atoms with Crippen LogP contribution in [0.4, 0.5) is 16.2 Å². The maximum Gasteiger partial charge on any atom is 0.326 e. The van der Waals surface area contributed by atoms with Gasteiger partial charge in [-0.05, 0) is 61.4 Å². The average Bonchev–Trinajstić information content (AvgIpc) is 2.68. The second kappa shape index (κ2) is 6.94. The second-order valence-electron chi connectivity index (χ2n) is 7.16. The summed E-state index contributed by atoms with van der Waals surface area (Å²) in [7, 11) is 0. The zero-order valence-corrected chi connectivity index (χ0v) is 15.1. The largest absolute Gasteiger partial charge is 0.326 e. The van der Waals surface area contributed by atoms with Crippen LogP contribution in [0.2, 0.25) is 0 Å². The summed E-state index contributed by atoms with van der Waals surface area (Å²) in [5.41, 5.74) is 4.88. The summed E-state index contributed by atoms with van der Waals surface area (Å²) < 4.78 is 0. The Bertz CT molecular complexity index is 859. The van der Waals surface area contributed by atoms with E-state index in [0.29, 0.717) is 12.0 Å². The molecule has 0 saturated heterocycles. The van der Waals surface area contributed by atoms with Gasteiger partial charge in [-0.25, -0.2) is 4.79 Å². The molecule has 2 amide bonds. The molecule has 4 rings (SSSR count). The molecule has 1 aliphatic heterocycles. The molecule has 0 radical (unpaired) electrons. The molecular formula is C22H24N2O2. The molecule has 4 heteroatoms. The van der Waals surface area contributed by atoms with Crippen LogP contribution in [0.25, 0.3) is 0 Å². The number of para-hydroxylation sites is 1. The van der Waals surface area contributed by atoms with Gasteiger partial charge in [-0.3, -0.25) is 9.69 Å². The summed E-state index contributed by atoms with van der Waals surface area (Å²) >= 11 is 0. The number of benzene rings is 2. The quantitative estimate of drug-likeness (QED) is 0.833. The van der Waals surface area contributed by atoms with Crippen LogP contribution in [0.5, 0.6) is 0 Å². The first-order valence-electron chi connectivity index (χ1n) is 9.52. The van der Waals surface area contributed by atoms with E-state index < -0.39 is 0 Å². The Hall–Kier alpha value is -2.62. The lowest BCUT2D eigenvalue weighted by molar-refractivity contribution is 0.0967. The Morgan fingerprint density at radius 1 is 1.12 bits per heavy atom. The van der Waals surface area contributed by atoms with Crippen LogP contribution in [-0.4, -0.2) is 17.9 Å². The SMILES string of the molecule is CCC1CC(=O)c2ccccc2N1C(=O)Nc1cccc2c1CCCC2. The summed E-state index contributed by atoms with van der Waals surface area (Å²) in [5.74, 6) is 0.119. The highest BCUT2D eigenvalue weighted by Crippen LogP contribution is 2.33. The average molecular weight is 348 g/mol. The van der Waals surface area contributed by atoms with Gasteiger partial charge in [0.15, 0.2) is 5.78 Å². The van der Waals surface area contributed by atoms with Crippen molar-refractivity contribution in [3.8, 4) is 0 Å². The molecule has 0 aromatic heterocycles. The van der Waals surface area contributed by atoms with Gasteiger partial charge in [0.1, 0.15) is 0 Å². The molecule has 2 aromatic carbocycles. The number of hydrogen-bond acceptors (Lipinski definition) is 2. The van der Waals surface area contributed by atoms with Gasteiger partial charge in [0.05, 0.1) is 5.69 Å². The molecule has 134 valence electrons. The lowest BCUT2D eigenvalue weighted by atomic mass is 9.90. The monoisotopic (exact) mass is 348 g/mol. The van der Waals surface area contributed by atoms with Crippen LogP contribution in [0.3, 0.4) is 0 Å². The predicted molar refractivity (Wildman–Crippen MR) is 104 cm³/mol. The van der Waals surface area contributed by atoms with E-state index in [1.807, 2.05) is 43.3 Å². The standard InChI is InChI=1S/C22H24N2O2/c1-2-16-14-21(25)18-11-5-6-13-20(18)24(16)22(26)23-19-12-7-9-15-8-3-4-10-17(15)19/h5-7,9,11-13,16H,2-4,8,10,14H2,1H3,(H,23,26). The van der Waals surface area contributed by atoms with Crippen molar-refractivity contribution in [2.75, 3.05) is 10.2 Å². The lowest BCUT2D eigenvalue weighted by Gasteiger charge is -2.36. The molecule has 1 heterocycles. The maximum atomic E-state index is 13.2. The number of rotatable bonds is 2. The molecule has 1 aliphatic carbocycles. The van der Waals surface area contributed by atoms with E-state index in [0.717, 1.165) is 30.6 Å². The van der Waals surface area contributed by atoms with E-state index in [2.05, 4.69) is 11.4 Å². The van der Waals surface area contributed by atoms with E-state index in [1.54, 1.807) is 4.90 Å². The first kappa shape index (κ1) is 16.8. The summed E-state index contributed by atoms with van der Waals surface area (Å²) in [6.07, 6.45) is 5.60. The fourth-order valence-corrected chi connectivity index (χ4v) is 4.21. The van der Waals surface area contributed by atoms with Crippen LogP contribution < -0.4 is 10.2 Å². The van der Waals surface area contributed by atoms with Gasteiger partial charge in [-0.1, -0.05) is 31.2 Å². The summed E-state index contributed by atoms with van der Waals surface area (Å²) in [6.45, 7) is 2.02. The minimum atomic E-state index is -0.143. The Kier molecular flexibility index (Phi) is 4.49. The Morgan fingerprint density at radius 3 is 2.77 bits per heavy atom. The molecule has 0 fully saturated rings. The normalized spacial score (nSPS) is 18.9. The third-order valence-electron chi connectivity index (χ3n) is 5.58. The molecule has 1 unspecified atom stereocenters. The van der Waals surface area contributed by atoms with E-state index in [4.69, 9.17) is 0 Å². The van der Waals surface area contributed by atoms with Gasteiger partial charge in [0.25, 0.3) is 0 Å². The number of carbonyl (C=O) groups excluding carboxylic acids is 2. The van der Waals surface area contributed by atoms with E-state index in [-0.39, 0.29) is 17.9 Å². The predicted octanol–water partition coefficient (Wildman–Crippen LogP) is 4.97. The van der Waals surface area contributed by atoms with Crippen molar-refractivity contribution in [3.63, 3.8) is 0 Å². The Morgan fingerprint density at radius 2 is 1.92 bits per heavy atom. The highest BCUT2D eigenvalue weighted by Gasteiger charge is 2.34. The molecular weight excluding hydrogens is 324 g/mol. The van der Waals surface area contributed by atoms with Crippen molar-refractivity contribution in [2.24, 2.45) is 0 Å². The van der Waals surface area contributed by atoms with Gasteiger partial charge < -0.3 is 5.32 Å². The third kappa shape index (κ3) is 2.90. The summed E-state index contributed by atoms with van der Waals surface area (Å²) in [4.78, 5) is 27.4. The molecule has 1 N–H and O–H groups in total. The highest BCUT2D eigenvalue weighted by molar-refractivity contribution is 6.12. The molecule has 2 aromatic rings. The van der Waals surface area contributed by atoms with E-state index >= 15 is 0 Å². The van der Waals surface area contributed by atoms with Gasteiger partial charge in [0.2, 0.25) is 0 Å². The topological polar surface area (TPSA) is 49.4 Å². The Labute approximate surface area is 154 Å². The molecule has 0 saturated carbocycles. The van der Waals surface area contributed by atoms with E-state index in [1.165, 1.54) is 24.0 Å². The molecule has 4 nitrogen and oxygen atoms in total. The zero-order valence-electron chi connectivity index (χ0n) is 15.1. The number of fused-ring (bicyclic) bond motifs is 2. The minimum absolute atomic E-state index is 0.100. The van der Waals surface area contributed by atoms with Crippen LogP contribution in [0, 0.1) is 0 Å². The minimum Gasteiger partial charge on any atom is -0.307 e. The number of amides is 2. The molecule has 26 heavy (non-hydrogen) atoms. The number of ketones is 1. The molecule has 1 atom stereocenters. The first-order chi connectivity index (χ1) is 12.7. The summed E-state index contributed by atoms with van der Waals surface area (Å²) in [6, 6.07) is 13.3. The van der Waals surface area contributed by atoms with Crippen LogP contribution in [0.15, 0.2) is 42.5 Å². The van der Waals surface area contributed by atoms with Crippen molar-refractivity contribution < 1.29 is 9.59 Å². The number of aryl methyl sites for hydroxylation is 1. The van der Waals surface area contributed by atoms with Crippen molar-refractivity contribution in [1.82, 2.24) is 0 Å². The number of nitrogens with zero attached hydrogens (tertiary/aromatic N) is 1. The van der Waals surface area contributed by atoms with Crippen LogP contribution in [0.1, 0.15) is 54.1 Å². The van der Waals surface area contributed by atoms with Crippen molar-refractivity contribution in [1.29, 1.82) is 0 Å². The van der Waals surface area contributed by atoms with Crippen LogP contribution >= 0.6 is 0 Å². The number of Topliss-reactive ketones (excluding diaryl/α,β-unsaturated/α-hetero) is 1. The van der Waals surface area contributed by atoms with Gasteiger partial charge in [0, 0.05) is 23.7 Å². The van der Waals surface area contributed by atoms with Gasteiger partial charge in [-0.15, -0.1) is 0 Å². The van der Waals surface area contributed by atoms with Gasteiger partial charge >= 0.3 is 6.03 Å². The third-order valence-corrected chi connectivity index (χ3v) is 5.58. The maximum absolute atomic E-state index is 13.2. The number of hydrogen-bond donors (Lipinski definition) is 1. The molecule has 2 aliphatic rings. The smallest absolute Gasteiger partial charge is 0.307 e. The summed E-state index contributed by atoms with van der Waals surface area (Å²) in [5, 5.41) is 3.14.